The summed E-state index contributed by atoms with van der Waals surface area (Å²) in [5, 5.41) is 15.2. The predicted octanol–water partition coefficient (Wildman–Crippen LogP) is 3.44. The van der Waals surface area contributed by atoms with Crippen LogP contribution in [0.2, 0.25) is 0 Å². The molecule has 1 aliphatic heterocycles. The second-order valence-electron chi connectivity index (χ2n) is 7.98. The standard InChI is InChI=1S/C22H24F3N5O2/c1-12(15-4-3-5-16(20(15)23)21(24)25)26-22-17-11-30(29-8-6-14(31)7-9-29)19(32)10-18(17)27-13(2)28-22/h3-5,10-12,14,21,31H,6-9H2,1-2H3,(H,26,27,28)/t12-/m1/s1. The Bertz CT molecular complexity index is 1190. The first-order valence-corrected chi connectivity index (χ1v) is 10.4. The zero-order valence-corrected chi connectivity index (χ0v) is 17.7. The minimum Gasteiger partial charge on any atom is -0.393 e. The third-order valence-corrected chi connectivity index (χ3v) is 5.68. The molecule has 3 aromatic rings. The second kappa shape index (κ2) is 8.78. The minimum absolute atomic E-state index is 0.0885. The number of pyridine rings is 1. The highest BCUT2D eigenvalue weighted by Gasteiger charge is 2.22. The van der Waals surface area contributed by atoms with E-state index < -0.39 is 23.8 Å². The fourth-order valence-corrected chi connectivity index (χ4v) is 3.96. The van der Waals surface area contributed by atoms with Crippen molar-refractivity contribution in [1.29, 1.82) is 0 Å². The molecule has 0 amide bonds. The van der Waals surface area contributed by atoms with Gasteiger partial charge in [-0.15, -0.1) is 0 Å². The molecule has 1 fully saturated rings. The van der Waals surface area contributed by atoms with Gasteiger partial charge in [-0.2, -0.15) is 0 Å². The van der Waals surface area contributed by atoms with Crippen molar-refractivity contribution in [1.82, 2.24) is 14.6 Å². The molecule has 3 heterocycles. The Kier molecular flexibility index (Phi) is 6.05. The zero-order valence-electron chi connectivity index (χ0n) is 17.7. The summed E-state index contributed by atoms with van der Waals surface area (Å²) in [6.45, 7) is 4.36. The number of piperidine rings is 1. The van der Waals surface area contributed by atoms with Crippen LogP contribution in [0.1, 0.15) is 49.2 Å². The normalized spacial score (nSPS) is 16.0. The molecule has 0 spiro atoms. The topological polar surface area (TPSA) is 83.3 Å². The van der Waals surface area contributed by atoms with Crippen molar-refractivity contribution in [2.75, 3.05) is 23.4 Å². The summed E-state index contributed by atoms with van der Waals surface area (Å²) in [6, 6.07) is 4.64. The molecule has 1 atom stereocenters. The first-order valence-electron chi connectivity index (χ1n) is 10.4. The van der Waals surface area contributed by atoms with E-state index in [1.165, 1.54) is 22.9 Å². The molecule has 2 N–H and O–H groups in total. The molecule has 7 nitrogen and oxygen atoms in total. The fraction of sp³-hybridized carbons (Fsp3) is 0.409. The summed E-state index contributed by atoms with van der Waals surface area (Å²) in [4.78, 5) is 21.4. The van der Waals surface area contributed by atoms with Crippen LogP contribution in [0.5, 0.6) is 0 Å². The Hall–Kier alpha value is -3.14. The molecule has 1 saturated heterocycles. The van der Waals surface area contributed by atoms with E-state index in [1.54, 1.807) is 20.0 Å². The average Bonchev–Trinajstić information content (AvgIpc) is 2.73. The maximum Gasteiger partial charge on any atom is 0.271 e. The van der Waals surface area contributed by atoms with Crippen LogP contribution in [-0.4, -0.2) is 38.9 Å². The molecule has 1 aliphatic rings. The molecule has 0 unspecified atom stereocenters. The van der Waals surface area contributed by atoms with E-state index in [-0.39, 0.29) is 17.2 Å². The minimum atomic E-state index is -2.92. The molecule has 0 aliphatic carbocycles. The van der Waals surface area contributed by atoms with Crippen molar-refractivity contribution in [3.63, 3.8) is 0 Å². The number of aryl methyl sites for hydroxylation is 1. The lowest BCUT2D eigenvalue weighted by atomic mass is 10.0. The fourth-order valence-electron chi connectivity index (χ4n) is 3.96. The molecule has 4 rings (SSSR count). The van der Waals surface area contributed by atoms with Gasteiger partial charge in [-0.1, -0.05) is 18.2 Å². The molecular weight excluding hydrogens is 423 g/mol. The predicted molar refractivity (Wildman–Crippen MR) is 115 cm³/mol. The van der Waals surface area contributed by atoms with Gasteiger partial charge in [-0.25, -0.2) is 27.8 Å². The van der Waals surface area contributed by atoms with Crippen LogP contribution in [0.4, 0.5) is 19.0 Å². The highest BCUT2D eigenvalue weighted by atomic mass is 19.3. The molecule has 32 heavy (non-hydrogen) atoms. The third kappa shape index (κ3) is 4.27. The van der Waals surface area contributed by atoms with E-state index >= 15 is 0 Å². The number of aliphatic hydroxyl groups excluding tert-OH is 1. The monoisotopic (exact) mass is 447 g/mol. The first kappa shape index (κ1) is 22.1. The second-order valence-corrected chi connectivity index (χ2v) is 7.98. The van der Waals surface area contributed by atoms with Gasteiger partial charge in [0.15, 0.2) is 0 Å². The average molecular weight is 447 g/mol. The summed E-state index contributed by atoms with van der Waals surface area (Å²) in [7, 11) is 0. The van der Waals surface area contributed by atoms with Gasteiger partial charge in [-0.05, 0) is 26.7 Å². The van der Waals surface area contributed by atoms with E-state index in [0.717, 1.165) is 6.07 Å². The largest absolute Gasteiger partial charge is 0.393 e. The van der Waals surface area contributed by atoms with Crippen LogP contribution >= 0.6 is 0 Å². The number of nitrogens with one attached hydrogen (secondary N) is 1. The van der Waals surface area contributed by atoms with Crippen molar-refractivity contribution < 1.29 is 18.3 Å². The van der Waals surface area contributed by atoms with E-state index in [2.05, 4.69) is 15.3 Å². The molecule has 0 bridgehead atoms. The molecule has 10 heteroatoms. The number of alkyl halides is 2. The van der Waals surface area contributed by atoms with Crippen LogP contribution in [0.25, 0.3) is 10.9 Å². The van der Waals surface area contributed by atoms with Crippen LogP contribution in [0, 0.1) is 12.7 Å². The van der Waals surface area contributed by atoms with Crippen molar-refractivity contribution in [3.05, 3.63) is 63.6 Å². The van der Waals surface area contributed by atoms with Gasteiger partial charge in [0.05, 0.1) is 28.6 Å². The van der Waals surface area contributed by atoms with Gasteiger partial charge in [0.25, 0.3) is 12.0 Å². The maximum atomic E-state index is 14.6. The summed E-state index contributed by atoms with van der Waals surface area (Å²) in [5.74, 6) is -0.179. The Labute approximate surface area is 182 Å². The van der Waals surface area contributed by atoms with Crippen molar-refractivity contribution in [2.45, 2.75) is 45.3 Å². The number of hydrogen-bond acceptors (Lipinski definition) is 6. The number of rotatable bonds is 5. The number of aromatic nitrogens is 3. The summed E-state index contributed by atoms with van der Waals surface area (Å²) < 4.78 is 42.3. The number of nitrogens with zero attached hydrogens (tertiary/aromatic N) is 4. The Morgan fingerprint density at radius 2 is 1.88 bits per heavy atom. The van der Waals surface area contributed by atoms with Gasteiger partial charge in [0.2, 0.25) is 0 Å². The number of benzene rings is 1. The van der Waals surface area contributed by atoms with Crippen molar-refractivity contribution in [2.24, 2.45) is 0 Å². The van der Waals surface area contributed by atoms with Crippen molar-refractivity contribution in [3.8, 4) is 0 Å². The van der Waals surface area contributed by atoms with E-state index in [1.807, 2.05) is 5.01 Å². The number of halogens is 3. The Morgan fingerprint density at radius 1 is 1.19 bits per heavy atom. The lowest BCUT2D eigenvalue weighted by Gasteiger charge is -2.32. The maximum absolute atomic E-state index is 14.6. The summed E-state index contributed by atoms with van der Waals surface area (Å²) in [6.07, 6.45) is -0.573. The van der Waals surface area contributed by atoms with Gasteiger partial charge in [0, 0.05) is 30.9 Å². The lowest BCUT2D eigenvalue weighted by Crippen LogP contribution is -2.47. The molecule has 0 radical (unpaired) electrons. The Balaban J connectivity index is 1.73. The van der Waals surface area contributed by atoms with E-state index in [0.29, 0.717) is 48.5 Å². The van der Waals surface area contributed by atoms with Gasteiger partial charge < -0.3 is 15.4 Å². The third-order valence-electron chi connectivity index (χ3n) is 5.68. The van der Waals surface area contributed by atoms with Crippen LogP contribution in [0.3, 0.4) is 0 Å². The van der Waals surface area contributed by atoms with Gasteiger partial charge in [-0.3, -0.25) is 4.79 Å². The van der Waals surface area contributed by atoms with Crippen LogP contribution in [-0.2, 0) is 0 Å². The van der Waals surface area contributed by atoms with Gasteiger partial charge >= 0.3 is 0 Å². The first-order chi connectivity index (χ1) is 15.2. The van der Waals surface area contributed by atoms with Crippen LogP contribution in [0.15, 0.2) is 35.3 Å². The summed E-state index contributed by atoms with van der Waals surface area (Å²) in [5.41, 5.74) is -0.402. The number of fused-ring (bicyclic) bond motifs is 1. The quantitative estimate of drug-likeness (QED) is 0.624. The SMILES string of the molecule is Cc1nc(N[C@H](C)c2cccc(C(F)F)c2F)c2cn(N3CCC(O)CC3)c(=O)cc2n1. The van der Waals surface area contributed by atoms with E-state index in [4.69, 9.17) is 0 Å². The number of hydrogen-bond donors (Lipinski definition) is 2. The molecule has 170 valence electrons. The number of anilines is 1. The zero-order chi connectivity index (χ0) is 23.0. The molecular formula is C22H24F3N5O2. The highest BCUT2D eigenvalue weighted by Crippen LogP contribution is 2.30. The lowest BCUT2D eigenvalue weighted by molar-refractivity contribution is 0.138. The smallest absolute Gasteiger partial charge is 0.271 e. The summed E-state index contributed by atoms with van der Waals surface area (Å²) >= 11 is 0. The van der Waals surface area contributed by atoms with E-state index in [9.17, 15) is 23.1 Å². The van der Waals surface area contributed by atoms with Gasteiger partial charge in [0.1, 0.15) is 17.5 Å². The van der Waals surface area contributed by atoms with Crippen LogP contribution < -0.4 is 15.9 Å². The highest BCUT2D eigenvalue weighted by molar-refractivity contribution is 5.88. The molecule has 0 saturated carbocycles. The Morgan fingerprint density at radius 3 is 2.56 bits per heavy atom. The molecule has 2 aromatic heterocycles. The molecule has 1 aromatic carbocycles. The van der Waals surface area contributed by atoms with Crippen molar-refractivity contribution >= 4 is 16.7 Å². The number of aliphatic hydroxyl groups is 1.